The molecule has 0 aliphatic rings. The maximum absolute atomic E-state index is 8.90. The van der Waals surface area contributed by atoms with Crippen LogP contribution in [0.1, 0.15) is 23.7 Å². The van der Waals surface area contributed by atoms with E-state index in [1.165, 1.54) is 0 Å². The van der Waals surface area contributed by atoms with E-state index in [-0.39, 0.29) is 6.10 Å². The normalized spacial score (nSPS) is 11.6. The summed E-state index contributed by atoms with van der Waals surface area (Å²) in [7, 11) is 0. The highest BCUT2D eigenvalue weighted by Gasteiger charge is 2.12. The second-order valence-electron chi connectivity index (χ2n) is 4.20. The SMILES string of the molecule is Cc1cccc(OC(CC#N)c2ccccc2)c1. The lowest BCUT2D eigenvalue weighted by molar-refractivity contribution is 0.211. The quantitative estimate of drug-likeness (QED) is 0.804. The van der Waals surface area contributed by atoms with Crippen LogP contribution >= 0.6 is 0 Å². The fourth-order valence-corrected chi connectivity index (χ4v) is 1.83. The van der Waals surface area contributed by atoms with Crippen LogP contribution in [0.3, 0.4) is 0 Å². The van der Waals surface area contributed by atoms with Crippen LogP contribution < -0.4 is 4.74 Å². The smallest absolute Gasteiger partial charge is 0.137 e. The standard InChI is InChI=1S/C16H15NO/c1-13-6-5-9-15(12-13)18-16(10-11-17)14-7-3-2-4-8-14/h2-9,12,16H,10H2,1H3. The molecule has 2 nitrogen and oxygen atoms in total. The molecule has 0 aromatic heterocycles. The van der Waals surface area contributed by atoms with Crippen LogP contribution in [-0.4, -0.2) is 0 Å². The van der Waals surface area contributed by atoms with E-state index in [0.717, 1.165) is 16.9 Å². The Balaban J connectivity index is 2.20. The van der Waals surface area contributed by atoms with Gasteiger partial charge >= 0.3 is 0 Å². The third kappa shape index (κ3) is 3.11. The molecule has 0 bridgehead atoms. The minimum absolute atomic E-state index is 0.210. The van der Waals surface area contributed by atoms with Gasteiger partial charge in [-0.05, 0) is 30.2 Å². The third-order valence-corrected chi connectivity index (χ3v) is 2.72. The van der Waals surface area contributed by atoms with Crippen molar-refractivity contribution in [1.29, 1.82) is 5.26 Å². The Labute approximate surface area is 107 Å². The van der Waals surface area contributed by atoms with Gasteiger partial charge in [-0.3, -0.25) is 0 Å². The van der Waals surface area contributed by atoms with Gasteiger partial charge in [-0.1, -0.05) is 42.5 Å². The minimum Gasteiger partial charge on any atom is -0.485 e. The zero-order chi connectivity index (χ0) is 12.8. The first-order valence-corrected chi connectivity index (χ1v) is 5.95. The molecule has 0 spiro atoms. The summed E-state index contributed by atoms with van der Waals surface area (Å²) in [6.07, 6.45) is 0.135. The lowest BCUT2D eigenvalue weighted by atomic mass is 10.1. The number of nitrogens with zero attached hydrogens (tertiary/aromatic N) is 1. The number of hydrogen-bond donors (Lipinski definition) is 0. The molecule has 0 amide bonds. The third-order valence-electron chi connectivity index (χ3n) is 2.72. The summed E-state index contributed by atoms with van der Waals surface area (Å²) in [5, 5.41) is 8.90. The average Bonchev–Trinajstić information content (AvgIpc) is 2.39. The number of nitriles is 1. The Hall–Kier alpha value is -2.27. The van der Waals surface area contributed by atoms with Gasteiger partial charge in [0.2, 0.25) is 0 Å². The first kappa shape index (κ1) is 12.2. The molecule has 18 heavy (non-hydrogen) atoms. The van der Waals surface area contributed by atoms with Crippen LogP contribution in [0.5, 0.6) is 5.75 Å². The summed E-state index contributed by atoms with van der Waals surface area (Å²) in [6.45, 7) is 2.02. The van der Waals surface area contributed by atoms with Crippen molar-refractivity contribution < 1.29 is 4.74 Å². The van der Waals surface area contributed by atoms with Gasteiger partial charge in [0.1, 0.15) is 11.9 Å². The highest BCUT2D eigenvalue weighted by molar-refractivity contribution is 5.29. The van der Waals surface area contributed by atoms with Crippen LogP contribution in [0.4, 0.5) is 0 Å². The molecular weight excluding hydrogens is 222 g/mol. The van der Waals surface area contributed by atoms with Crippen molar-refractivity contribution in [3.05, 3.63) is 65.7 Å². The zero-order valence-corrected chi connectivity index (χ0v) is 10.3. The summed E-state index contributed by atoms with van der Waals surface area (Å²) in [5.41, 5.74) is 2.18. The maximum atomic E-state index is 8.90. The van der Waals surface area contributed by atoms with Crippen LogP contribution in [-0.2, 0) is 0 Å². The molecule has 0 aliphatic heterocycles. The number of aryl methyl sites for hydroxylation is 1. The first-order chi connectivity index (χ1) is 8.79. The molecule has 0 saturated heterocycles. The van der Waals surface area contributed by atoms with Crippen molar-refractivity contribution in [2.75, 3.05) is 0 Å². The van der Waals surface area contributed by atoms with Crippen LogP contribution in [0.25, 0.3) is 0 Å². The molecule has 2 heteroatoms. The second-order valence-corrected chi connectivity index (χ2v) is 4.20. The Kier molecular flexibility index (Phi) is 3.98. The van der Waals surface area contributed by atoms with Crippen molar-refractivity contribution >= 4 is 0 Å². The molecular formula is C16H15NO. The fraction of sp³-hybridized carbons (Fsp3) is 0.188. The van der Waals surface area contributed by atoms with Crippen LogP contribution in [0.15, 0.2) is 54.6 Å². The van der Waals surface area contributed by atoms with E-state index in [1.54, 1.807) is 0 Å². The number of ether oxygens (including phenoxy) is 1. The van der Waals surface area contributed by atoms with E-state index in [1.807, 2.05) is 61.5 Å². The summed E-state index contributed by atoms with van der Waals surface area (Å²) in [6, 6.07) is 19.9. The van der Waals surface area contributed by atoms with E-state index in [0.29, 0.717) is 6.42 Å². The Bertz CT molecular complexity index is 543. The number of benzene rings is 2. The summed E-state index contributed by atoms with van der Waals surface area (Å²) in [4.78, 5) is 0. The van der Waals surface area contributed by atoms with Crippen molar-refractivity contribution in [2.24, 2.45) is 0 Å². The summed E-state index contributed by atoms with van der Waals surface area (Å²) < 4.78 is 5.90. The van der Waals surface area contributed by atoms with Gasteiger partial charge in [0.15, 0.2) is 0 Å². The van der Waals surface area contributed by atoms with Gasteiger partial charge in [0.05, 0.1) is 12.5 Å². The van der Waals surface area contributed by atoms with Crippen molar-refractivity contribution in [1.82, 2.24) is 0 Å². The predicted molar refractivity (Wildman–Crippen MR) is 71.2 cm³/mol. The molecule has 90 valence electrons. The van der Waals surface area contributed by atoms with Crippen molar-refractivity contribution in [3.8, 4) is 11.8 Å². The molecule has 2 aromatic rings. The predicted octanol–water partition coefficient (Wildman–Crippen LogP) is 4.03. The molecule has 0 N–H and O–H groups in total. The molecule has 0 heterocycles. The molecule has 0 radical (unpaired) electrons. The largest absolute Gasteiger partial charge is 0.485 e. The van der Waals surface area contributed by atoms with E-state index < -0.39 is 0 Å². The van der Waals surface area contributed by atoms with Gasteiger partial charge in [-0.25, -0.2) is 0 Å². The molecule has 0 saturated carbocycles. The lowest BCUT2D eigenvalue weighted by Gasteiger charge is -2.17. The highest BCUT2D eigenvalue weighted by Crippen LogP contribution is 2.24. The van der Waals surface area contributed by atoms with Crippen LogP contribution in [0, 0.1) is 18.3 Å². The summed E-state index contributed by atoms with van der Waals surface area (Å²) >= 11 is 0. The lowest BCUT2D eigenvalue weighted by Crippen LogP contribution is -2.06. The Morgan fingerprint density at radius 3 is 2.56 bits per heavy atom. The van der Waals surface area contributed by atoms with E-state index in [2.05, 4.69) is 6.07 Å². The minimum atomic E-state index is -0.210. The van der Waals surface area contributed by atoms with Crippen molar-refractivity contribution in [2.45, 2.75) is 19.4 Å². The average molecular weight is 237 g/mol. The van der Waals surface area contributed by atoms with E-state index >= 15 is 0 Å². The van der Waals surface area contributed by atoms with Crippen molar-refractivity contribution in [3.63, 3.8) is 0 Å². The van der Waals surface area contributed by atoms with E-state index in [4.69, 9.17) is 10.00 Å². The monoisotopic (exact) mass is 237 g/mol. The molecule has 1 atom stereocenters. The maximum Gasteiger partial charge on any atom is 0.137 e. The fourth-order valence-electron chi connectivity index (χ4n) is 1.83. The van der Waals surface area contributed by atoms with Crippen LogP contribution in [0.2, 0.25) is 0 Å². The topological polar surface area (TPSA) is 33.0 Å². The van der Waals surface area contributed by atoms with Gasteiger partial charge in [0.25, 0.3) is 0 Å². The molecule has 2 aromatic carbocycles. The zero-order valence-electron chi connectivity index (χ0n) is 10.3. The molecule has 0 aliphatic carbocycles. The highest BCUT2D eigenvalue weighted by atomic mass is 16.5. The molecule has 2 rings (SSSR count). The van der Waals surface area contributed by atoms with E-state index in [9.17, 15) is 0 Å². The van der Waals surface area contributed by atoms with Gasteiger partial charge in [0, 0.05) is 0 Å². The van der Waals surface area contributed by atoms with Gasteiger partial charge in [-0.2, -0.15) is 5.26 Å². The first-order valence-electron chi connectivity index (χ1n) is 5.95. The molecule has 0 fully saturated rings. The number of rotatable bonds is 4. The second kappa shape index (κ2) is 5.88. The Morgan fingerprint density at radius 1 is 1.11 bits per heavy atom. The Morgan fingerprint density at radius 2 is 1.89 bits per heavy atom. The summed E-state index contributed by atoms with van der Waals surface area (Å²) in [5.74, 6) is 0.805. The van der Waals surface area contributed by atoms with Gasteiger partial charge < -0.3 is 4.74 Å². The van der Waals surface area contributed by atoms with Gasteiger partial charge in [-0.15, -0.1) is 0 Å². The number of hydrogen-bond acceptors (Lipinski definition) is 2. The molecule has 1 unspecified atom stereocenters.